The van der Waals surface area contributed by atoms with Gasteiger partial charge in [-0.1, -0.05) is 11.6 Å². The first-order valence-electron chi connectivity index (χ1n) is 5.57. The van der Waals surface area contributed by atoms with E-state index in [0.717, 1.165) is 11.0 Å². The molecule has 98 valence electrons. The van der Waals surface area contributed by atoms with E-state index in [1.165, 1.54) is 0 Å². The minimum Gasteiger partial charge on any atom is -0.378 e. The van der Waals surface area contributed by atoms with E-state index in [9.17, 15) is 4.79 Å². The lowest BCUT2D eigenvalue weighted by atomic mass is 10.2. The molecule has 1 aromatic heterocycles. The zero-order chi connectivity index (χ0) is 13.0. The summed E-state index contributed by atoms with van der Waals surface area (Å²) in [5, 5.41) is 6.23. The first kappa shape index (κ1) is 13.7. The fourth-order valence-corrected chi connectivity index (χ4v) is 2.17. The number of carbonyl (C=O) groups is 1. The standard InChI is InChI=1S/C11H13BrClN3O2/c12-7-3-9(11(13)15-5-7)16-10(17)4-8-6-18-2-1-14-8/h3,5,8,14H,1-2,4,6H2,(H,16,17). The number of morpholine rings is 1. The molecule has 7 heteroatoms. The van der Waals surface area contributed by atoms with Gasteiger partial charge in [0.1, 0.15) is 0 Å². The van der Waals surface area contributed by atoms with Crippen LogP contribution in [0.4, 0.5) is 5.69 Å². The van der Waals surface area contributed by atoms with Crippen LogP contribution in [0, 0.1) is 0 Å². The van der Waals surface area contributed by atoms with Crippen molar-refractivity contribution in [1.29, 1.82) is 0 Å². The molecule has 5 nitrogen and oxygen atoms in total. The highest BCUT2D eigenvalue weighted by Gasteiger charge is 2.17. The topological polar surface area (TPSA) is 63.2 Å². The van der Waals surface area contributed by atoms with Crippen molar-refractivity contribution in [3.63, 3.8) is 0 Å². The smallest absolute Gasteiger partial charge is 0.226 e. The lowest BCUT2D eigenvalue weighted by Crippen LogP contribution is -2.43. The van der Waals surface area contributed by atoms with Crippen LogP contribution in [0.5, 0.6) is 0 Å². The van der Waals surface area contributed by atoms with Gasteiger partial charge in [0, 0.05) is 29.7 Å². The number of rotatable bonds is 3. The van der Waals surface area contributed by atoms with E-state index in [4.69, 9.17) is 16.3 Å². The largest absolute Gasteiger partial charge is 0.378 e. The Morgan fingerprint density at radius 2 is 2.56 bits per heavy atom. The number of hydrogen-bond donors (Lipinski definition) is 2. The number of nitrogens with one attached hydrogen (secondary N) is 2. The number of amides is 1. The second-order valence-electron chi connectivity index (χ2n) is 3.97. The summed E-state index contributed by atoms with van der Waals surface area (Å²) >= 11 is 9.18. The molecule has 0 spiro atoms. The van der Waals surface area contributed by atoms with E-state index in [-0.39, 0.29) is 17.1 Å². The van der Waals surface area contributed by atoms with Crippen molar-refractivity contribution in [2.24, 2.45) is 0 Å². The van der Waals surface area contributed by atoms with Crippen LogP contribution in [0.1, 0.15) is 6.42 Å². The van der Waals surface area contributed by atoms with Gasteiger partial charge in [0.05, 0.1) is 18.9 Å². The number of hydrogen-bond acceptors (Lipinski definition) is 4. The van der Waals surface area contributed by atoms with Gasteiger partial charge in [-0.15, -0.1) is 0 Å². The molecule has 2 rings (SSSR count). The highest BCUT2D eigenvalue weighted by molar-refractivity contribution is 9.10. The number of nitrogens with zero attached hydrogens (tertiary/aromatic N) is 1. The second-order valence-corrected chi connectivity index (χ2v) is 5.24. The van der Waals surface area contributed by atoms with Crippen LogP contribution < -0.4 is 10.6 Å². The summed E-state index contributed by atoms with van der Waals surface area (Å²) < 4.78 is 6.05. The first-order chi connectivity index (χ1) is 8.65. The molecule has 0 bridgehead atoms. The summed E-state index contributed by atoms with van der Waals surface area (Å²) in [6.07, 6.45) is 1.93. The quantitative estimate of drug-likeness (QED) is 0.828. The van der Waals surface area contributed by atoms with Crippen molar-refractivity contribution >= 4 is 39.1 Å². The van der Waals surface area contributed by atoms with Crippen LogP contribution in [0.2, 0.25) is 5.15 Å². The molecule has 1 amide bonds. The van der Waals surface area contributed by atoms with Crippen LogP contribution in [0.25, 0.3) is 0 Å². The molecule has 1 atom stereocenters. The molecule has 1 saturated heterocycles. The van der Waals surface area contributed by atoms with Gasteiger partial charge in [0.15, 0.2) is 5.15 Å². The fourth-order valence-electron chi connectivity index (χ4n) is 1.69. The normalized spacial score (nSPS) is 19.6. The van der Waals surface area contributed by atoms with Crippen molar-refractivity contribution in [1.82, 2.24) is 10.3 Å². The van der Waals surface area contributed by atoms with E-state index >= 15 is 0 Å². The molecule has 0 aromatic carbocycles. The number of ether oxygens (including phenoxy) is 1. The highest BCUT2D eigenvalue weighted by Crippen LogP contribution is 2.23. The Balaban J connectivity index is 1.92. The molecule has 2 N–H and O–H groups in total. The molecule has 0 aliphatic carbocycles. The lowest BCUT2D eigenvalue weighted by molar-refractivity contribution is -0.117. The molecular weight excluding hydrogens is 321 g/mol. The molecule has 1 unspecified atom stereocenters. The van der Waals surface area contributed by atoms with Gasteiger partial charge in [-0.2, -0.15) is 0 Å². The molecule has 0 radical (unpaired) electrons. The lowest BCUT2D eigenvalue weighted by Gasteiger charge is -2.23. The van der Waals surface area contributed by atoms with Crippen molar-refractivity contribution in [3.8, 4) is 0 Å². The SMILES string of the molecule is O=C(CC1COCCN1)Nc1cc(Br)cnc1Cl. The van der Waals surface area contributed by atoms with Gasteiger partial charge in [0.2, 0.25) is 5.91 Å². The minimum absolute atomic E-state index is 0.0534. The van der Waals surface area contributed by atoms with E-state index in [2.05, 4.69) is 31.5 Å². The Kier molecular flexibility index (Phi) is 4.94. The van der Waals surface area contributed by atoms with Gasteiger partial charge in [-0.05, 0) is 22.0 Å². The Bertz CT molecular complexity index is 438. The molecule has 2 heterocycles. The average molecular weight is 335 g/mol. The predicted octanol–water partition coefficient (Wildman–Crippen LogP) is 1.81. The monoisotopic (exact) mass is 333 g/mol. The third-order valence-electron chi connectivity index (χ3n) is 2.51. The summed E-state index contributed by atoms with van der Waals surface area (Å²) in [4.78, 5) is 15.8. The Morgan fingerprint density at radius 1 is 1.72 bits per heavy atom. The number of pyridine rings is 1. The van der Waals surface area contributed by atoms with E-state index in [0.29, 0.717) is 25.3 Å². The Hall–Kier alpha value is -0.690. The Morgan fingerprint density at radius 3 is 3.28 bits per heavy atom. The summed E-state index contributed by atoms with van der Waals surface area (Å²) in [5.41, 5.74) is 0.507. The molecule has 1 aliphatic rings. The van der Waals surface area contributed by atoms with Crippen LogP contribution >= 0.6 is 27.5 Å². The number of carbonyl (C=O) groups excluding carboxylic acids is 1. The van der Waals surface area contributed by atoms with Crippen LogP contribution in [-0.2, 0) is 9.53 Å². The molecule has 0 saturated carbocycles. The average Bonchev–Trinajstić information content (AvgIpc) is 2.35. The van der Waals surface area contributed by atoms with Crippen molar-refractivity contribution in [2.45, 2.75) is 12.5 Å². The van der Waals surface area contributed by atoms with Gasteiger partial charge >= 0.3 is 0 Å². The highest BCUT2D eigenvalue weighted by atomic mass is 79.9. The maximum Gasteiger partial charge on any atom is 0.226 e. The summed E-state index contributed by atoms with van der Waals surface area (Å²) in [6.45, 7) is 2.02. The number of aromatic nitrogens is 1. The summed E-state index contributed by atoms with van der Waals surface area (Å²) in [6, 6.07) is 1.77. The zero-order valence-corrected chi connectivity index (χ0v) is 11.9. The minimum atomic E-state index is -0.111. The van der Waals surface area contributed by atoms with Crippen molar-refractivity contribution in [3.05, 3.63) is 21.9 Å². The van der Waals surface area contributed by atoms with E-state index in [1.807, 2.05) is 0 Å². The molecule has 1 aliphatic heterocycles. The predicted molar refractivity (Wildman–Crippen MR) is 72.8 cm³/mol. The molecule has 1 fully saturated rings. The third kappa shape index (κ3) is 3.91. The Labute approximate surface area is 118 Å². The van der Waals surface area contributed by atoms with Crippen LogP contribution in [0.3, 0.4) is 0 Å². The zero-order valence-electron chi connectivity index (χ0n) is 9.58. The van der Waals surface area contributed by atoms with Crippen molar-refractivity contribution in [2.75, 3.05) is 25.1 Å². The summed E-state index contributed by atoms with van der Waals surface area (Å²) in [5.74, 6) is -0.111. The van der Waals surface area contributed by atoms with Gasteiger partial charge in [0.25, 0.3) is 0 Å². The van der Waals surface area contributed by atoms with Crippen LogP contribution in [0.15, 0.2) is 16.7 Å². The number of anilines is 1. The van der Waals surface area contributed by atoms with E-state index < -0.39 is 0 Å². The molecular formula is C11H13BrClN3O2. The van der Waals surface area contributed by atoms with Gasteiger partial charge in [-0.3, -0.25) is 4.79 Å². The molecule has 1 aromatic rings. The maximum absolute atomic E-state index is 11.8. The second kappa shape index (κ2) is 6.47. The number of halogens is 2. The fraction of sp³-hybridized carbons (Fsp3) is 0.455. The van der Waals surface area contributed by atoms with E-state index in [1.54, 1.807) is 12.3 Å². The summed E-state index contributed by atoms with van der Waals surface area (Å²) in [7, 11) is 0. The van der Waals surface area contributed by atoms with Crippen molar-refractivity contribution < 1.29 is 9.53 Å². The maximum atomic E-state index is 11.8. The van der Waals surface area contributed by atoms with Gasteiger partial charge < -0.3 is 15.4 Å². The first-order valence-corrected chi connectivity index (χ1v) is 6.74. The van der Waals surface area contributed by atoms with Crippen LogP contribution in [-0.4, -0.2) is 36.7 Å². The molecule has 18 heavy (non-hydrogen) atoms. The third-order valence-corrected chi connectivity index (χ3v) is 3.24. The van der Waals surface area contributed by atoms with Gasteiger partial charge in [-0.25, -0.2) is 4.98 Å².